The van der Waals surface area contributed by atoms with Crippen molar-refractivity contribution in [2.75, 3.05) is 39.9 Å². The molecule has 5 nitrogen and oxygen atoms in total. The minimum Gasteiger partial charge on any atom is -0.381 e. The van der Waals surface area contributed by atoms with Crippen LogP contribution in [-0.4, -0.2) is 55.7 Å². The standard InChI is InChI=1S/C20H28N4OS.HI/c1-3-21-20(24(2)13-16-10-12-25-14-16)22-11-9-18-15-26-19(23-18)17-7-5-4-6-8-17;/h4-8,15-16H,3,9-14H2,1-2H3,(H,21,22);1H. The number of rotatable bonds is 7. The molecular weight excluding hydrogens is 471 g/mol. The Kier molecular flexibility index (Phi) is 9.50. The zero-order valence-corrected chi connectivity index (χ0v) is 19.2. The molecule has 7 heteroatoms. The van der Waals surface area contributed by atoms with Gasteiger partial charge in [-0.25, -0.2) is 4.98 Å². The molecule has 2 aromatic rings. The molecule has 0 aliphatic carbocycles. The quantitative estimate of drug-likeness (QED) is 0.356. The summed E-state index contributed by atoms with van der Waals surface area (Å²) in [7, 11) is 2.11. The number of thiazole rings is 1. The van der Waals surface area contributed by atoms with Gasteiger partial charge in [0.25, 0.3) is 0 Å². The number of nitrogens with zero attached hydrogens (tertiary/aromatic N) is 3. The van der Waals surface area contributed by atoms with Crippen molar-refractivity contribution >= 4 is 41.3 Å². The van der Waals surface area contributed by atoms with Crippen LogP contribution in [0.5, 0.6) is 0 Å². The van der Waals surface area contributed by atoms with Crippen LogP contribution in [0.15, 0.2) is 40.7 Å². The Morgan fingerprint density at radius 3 is 2.89 bits per heavy atom. The van der Waals surface area contributed by atoms with E-state index in [1.54, 1.807) is 11.3 Å². The predicted molar refractivity (Wildman–Crippen MR) is 124 cm³/mol. The highest BCUT2D eigenvalue weighted by Gasteiger charge is 2.19. The fraction of sp³-hybridized carbons (Fsp3) is 0.500. The first-order chi connectivity index (χ1) is 12.8. The molecule has 1 saturated heterocycles. The normalized spacial score (nSPS) is 16.8. The highest BCUT2D eigenvalue weighted by molar-refractivity contribution is 14.0. The summed E-state index contributed by atoms with van der Waals surface area (Å²) in [4.78, 5) is 11.8. The Balaban J connectivity index is 0.00000261. The molecule has 1 N–H and O–H groups in total. The molecule has 2 heterocycles. The van der Waals surface area contributed by atoms with Gasteiger partial charge in [-0.1, -0.05) is 30.3 Å². The van der Waals surface area contributed by atoms with Crippen LogP contribution in [0.1, 0.15) is 19.0 Å². The van der Waals surface area contributed by atoms with Crippen LogP contribution < -0.4 is 5.32 Å². The lowest BCUT2D eigenvalue weighted by molar-refractivity contribution is 0.181. The third-order valence-electron chi connectivity index (χ3n) is 4.45. The third kappa shape index (κ3) is 6.73. The van der Waals surface area contributed by atoms with E-state index in [9.17, 15) is 0 Å². The predicted octanol–water partition coefficient (Wildman–Crippen LogP) is 3.90. The minimum atomic E-state index is 0. The molecule has 1 fully saturated rings. The van der Waals surface area contributed by atoms with Gasteiger partial charge in [-0.3, -0.25) is 4.99 Å². The molecule has 1 aromatic heterocycles. The number of hydrogen-bond donors (Lipinski definition) is 1. The van der Waals surface area contributed by atoms with Gasteiger partial charge >= 0.3 is 0 Å². The average molecular weight is 500 g/mol. The van der Waals surface area contributed by atoms with Gasteiger partial charge in [0.1, 0.15) is 5.01 Å². The largest absolute Gasteiger partial charge is 0.381 e. The average Bonchev–Trinajstić information content (AvgIpc) is 3.34. The van der Waals surface area contributed by atoms with Crippen LogP contribution in [-0.2, 0) is 11.2 Å². The van der Waals surface area contributed by atoms with Gasteiger partial charge in [0.2, 0.25) is 0 Å². The molecule has 1 aliphatic heterocycles. The number of aromatic nitrogens is 1. The van der Waals surface area contributed by atoms with E-state index in [1.807, 2.05) is 6.07 Å². The van der Waals surface area contributed by atoms with Gasteiger partial charge < -0.3 is 15.0 Å². The van der Waals surface area contributed by atoms with Gasteiger partial charge in [0, 0.05) is 56.6 Å². The molecule has 1 aromatic carbocycles. The number of hydrogen-bond acceptors (Lipinski definition) is 4. The number of ether oxygens (including phenoxy) is 1. The lowest BCUT2D eigenvalue weighted by Gasteiger charge is -2.24. The first-order valence-electron chi connectivity index (χ1n) is 9.33. The summed E-state index contributed by atoms with van der Waals surface area (Å²) in [5, 5.41) is 6.61. The molecule has 148 valence electrons. The van der Waals surface area contributed by atoms with Crippen LogP contribution >= 0.6 is 35.3 Å². The van der Waals surface area contributed by atoms with Gasteiger partial charge in [-0.15, -0.1) is 35.3 Å². The Bertz CT molecular complexity index is 701. The summed E-state index contributed by atoms with van der Waals surface area (Å²) in [5.74, 6) is 1.58. The molecule has 0 spiro atoms. The van der Waals surface area contributed by atoms with Crippen LogP contribution in [0.2, 0.25) is 0 Å². The molecule has 0 amide bonds. The van der Waals surface area contributed by atoms with E-state index in [4.69, 9.17) is 14.7 Å². The summed E-state index contributed by atoms with van der Waals surface area (Å²) in [6.45, 7) is 6.46. The number of guanidine groups is 1. The lowest BCUT2D eigenvalue weighted by atomic mass is 10.1. The maximum atomic E-state index is 5.48. The van der Waals surface area contributed by atoms with Crippen molar-refractivity contribution in [1.82, 2.24) is 15.2 Å². The number of halogens is 1. The van der Waals surface area contributed by atoms with E-state index in [1.165, 1.54) is 5.56 Å². The monoisotopic (exact) mass is 500 g/mol. The Morgan fingerprint density at radius 2 is 2.19 bits per heavy atom. The maximum Gasteiger partial charge on any atom is 0.193 e. The Hall–Kier alpha value is -1.19. The summed E-state index contributed by atoms with van der Waals surface area (Å²) < 4.78 is 5.48. The molecule has 0 radical (unpaired) electrons. The number of benzene rings is 1. The SMILES string of the molecule is CCNC(=NCCc1csc(-c2ccccc2)n1)N(C)CC1CCOC1.I. The van der Waals surface area contributed by atoms with E-state index >= 15 is 0 Å². The van der Waals surface area contributed by atoms with Gasteiger partial charge in [0.05, 0.1) is 12.3 Å². The summed E-state index contributed by atoms with van der Waals surface area (Å²) in [6.07, 6.45) is 2.00. The van der Waals surface area contributed by atoms with Gasteiger partial charge in [0.15, 0.2) is 5.96 Å². The molecule has 0 saturated carbocycles. The van der Waals surface area contributed by atoms with E-state index in [2.05, 4.69) is 53.8 Å². The second kappa shape index (κ2) is 11.6. The van der Waals surface area contributed by atoms with Crippen molar-refractivity contribution in [2.45, 2.75) is 19.8 Å². The molecule has 0 bridgehead atoms. The van der Waals surface area contributed by atoms with Crippen molar-refractivity contribution in [1.29, 1.82) is 0 Å². The maximum absolute atomic E-state index is 5.48. The van der Waals surface area contributed by atoms with E-state index in [-0.39, 0.29) is 24.0 Å². The highest BCUT2D eigenvalue weighted by Crippen LogP contribution is 2.23. The van der Waals surface area contributed by atoms with E-state index in [0.29, 0.717) is 5.92 Å². The minimum absolute atomic E-state index is 0. The molecular formula is C20H29IN4OS. The Morgan fingerprint density at radius 1 is 1.37 bits per heavy atom. The third-order valence-corrected chi connectivity index (χ3v) is 5.39. The summed E-state index contributed by atoms with van der Waals surface area (Å²) in [5.41, 5.74) is 2.29. The smallest absolute Gasteiger partial charge is 0.193 e. The lowest BCUT2D eigenvalue weighted by Crippen LogP contribution is -2.41. The summed E-state index contributed by atoms with van der Waals surface area (Å²) in [6, 6.07) is 10.3. The Labute approximate surface area is 183 Å². The number of aliphatic imine (C=N–C) groups is 1. The van der Waals surface area contributed by atoms with Crippen LogP contribution in [0, 0.1) is 5.92 Å². The second-order valence-corrected chi connectivity index (χ2v) is 7.46. The highest BCUT2D eigenvalue weighted by atomic mass is 127. The van der Waals surface area contributed by atoms with Crippen molar-refractivity contribution in [3.05, 3.63) is 41.4 Å². The zero-order chi connectivity index (χ0) is 18.2. The fourth-order valence-corrected chi connectivity index (χ4v) is 3.94. The van der Waals surface area contributed by atoms with Crippen molar-refractivity contribution in [3.8, 4) is 10.6 Å². The van der Waals surface area contributed by atoms with Crippen molar-refractivity contribution < 1.29 is 4.74 Å². The molecule has 1 aliphatic rings. The van der Waals surface area contributed by atoms with Crippen LogP contribution in [0.3, 0.4) is 0 Å². The number of nitrogens with one attached hydrogen (secondary N) is 1. The van der Waals surface area contributed by atoms with E-state index < -0.39 is 0 Å². The van der Waals surface area contributed by atoms with Crippen LogP contribution in [0.4, 0.5) is 0 Å². The topological polar surface area (TPSA) is 49.8 Å². The zero-order valence-electron chi connectivity index (χ0n) is 16.1. The summed E-state index contributed by atoms with van der Waals surface area (Å²) >= 11 is 1.70. The van der Waals surface area contributed by atoms with Crippen molar-refractivity contribution in [2.24, 2.45) is 10.9 Å². The molecule has 3 rings (SSSR count). The fourth-order valence-electron chi connectivity index (χ4n) is 3.08. The second-order valence-electron chi connectivity index (χ2n) is 6.61. The molecule has 1 unspecified atom stereocenters. The first kappa shape index (κ1) is 22.1. The van der Waals surface area contributed by atoms with E-state index in [0.717, 1.165) is 62.4 Å². The van der Waals surface area contributed by atoms with Crippen molar-refractivity contribution in [3.63, 3.8) is 0 Å². The first-order valence-corrected chi connectivity index (χ1v) is 10.2. The van der Waals surface area contributed by atoms with Crippen LogP contribution in [0.25, 0.3) is 10.6 Å². The van der Waals surface area contributed by atoms with Gasteiger partial charge in [-0.2, -0.15) is 0 Å². The molecule has 27 heavy (non-hydrogen) atoms. The van der Waals surface area contributed by atoms with Gasteiger partial charge in [-0.05, 0) is 13.3 Å². The molecule has 1 atom stereocenters.